The van der Waals surface area contributed by atoms with Gasteiger partial charge in [-0.3, -0.25) is 0 Å². The second kappa shape index (κ2) is 5.80. The van der Waals surface area contributed by atoms with Crippen LogP contribution in [0.25, 0.3) is 0 Å². The third kappa shape index (κ3) is 3.29. The fraction of sp³-hybridized carbons (Fsp3) is 0.214. The lowest BCUT2D eigenvalue weighted by Crippen LogP contribution is -2.02. The number of carbonyl (C=O) groups is 1. The molecular formula is C14H15ClN2O2. The van der Waals surface area contributed by atoms with Crippen LogP contribution in [0.4, 0.5) is 5.69 Å². The molecule has 0 saturated heterocycles. The molecule has 0 spiro atoms. The number of benzene rings is 1. The summed E-state index contributed by atoms with van der Waals surface area (Å²) in [5.74, 6) is -1.02. The van der Waals surface area contributed by atoms with E-state index in [0.29, 0.717) is 6.54 Å². The molecule has 19 heavy (non-hydrogen) atoms. The molecule has 2 aromatic rings. The number of anilines is 1. The van der Waals surface area contributed by atoms with E-state index in [4.69, 9.17) is 16.7 Å². The second-order valence-electron chi connectivity index (χ2n) is 4.20. The Morgan fingerprint density at radius 3 is 2.84 bits per heavy atom. The molecule has 1 aromatic carbocycles. The number of hydrogen-bond donors (Lipinski definition) is 2. The summed E-state index contributed by atoms with van der Waals surface area (Å²) in [7, 11) is 0. The number of carboxylic acid groups (broad SMARTS) is 1. The van der Waals surface area contributed by atoms with Gasteiger partial charge in [0.25, 0.3) is 0 Å². The first-order chi connectivity index (χ1) is 9.10. The molecule has 2 N–H and O–H groups in total. The lowest BCUT2D eigenvalue weighted by Gasteiger charge is -2.07. The van der Waals surface area contributed by atoms with E-state index in [1.165, 1.54) is 0 Å². The summed E-state index contributed by atoms with van der Waals surface area (Å²) in [6.07, 6.45) is 4.07. The van der Waals surface area contributed by atoms with Crippen LogP contribution < -0.4 is 5.32 Å². The zero-order valence-corrected chi connectivity index (χ0v) is 11.3. The standard InChI is InChI=1S/C14H15ClN2O2/c1-2-17-6-5-10(9-17)8-16-11-3-4-13(15)12(7-11)14(18)19/h3-7,9,16H,2,8H2,1H3,(H,18,19). The molecule has 0 radical (unpaired) electrons. The van der Waals surface area contributed by atoms with Gasteiger partial charge >= 0.3 is 5.97 Å². The highest BCUT2D eigenvalue weighted by Crippen LogP contribution is 2.21. The first-order valence-corrected chi connectivity index (χ1v) is 6.39. The summed E-state index contributed by atoms with van der Waals surface area (Å²) in [4.78, 5) is 11.0. The first-order valence-electron chi connectivity index (χ1n) is 6.01. The number of rotatable bonds is 5. The van der Waals surface area contributed by atoms with Gasteiger partial charge in [0.15, 0.2) is 0 Å². The Hall–Kier alpha value is -1.94. The van der Waals surface area contributed by atoms with Crippen molar-refractivity contribution in [3.05, 3.63) is 52.8 Å². The van der Waals surface area contributed by atoms with Gasteiger partial charge in [-0.1, -0.05) is 11.6 Å². The Kier molecular flexibility index (Phi) is 4.12. The van der Waals surface area contributed by atoms with E-state index in [-0.39, 0.29) is 10.6 Å². The predicted octanol–water partition coefficient (Wildman–Crippen LogP) is 3.47. The SMILES string of the molecule is CCn1ccc(CNc2ccc(Cl)c(C(=O)O)c2)c1. The normalized spacial score (nSPS) is 10.4. The van der Waals surface area contributed by atoms with E-state index in [9.17, 15) is 4.79 Å². The summed E-state index contributed by atoms with van der Waals surface area (Å²) >= 11 is 5.82. The zero-order chi connectivity index (χ0) is 13.8. The molecular weight excluding hydrogens is 264 g/mol. The van der Waals surface area contributed by atoms with Gasteiger partial charge in [-0.15, -0.1) is 0 Å². The van der Waals surface area contributed by atoms with E-state index >= 15 is 0 Å². The van der Waals surface area contributed by atoms with Crippen molar-refractivity contribution in [2.24, 2.45) is 0 Å². The summed E-state index contributed by atoms with van der Waals surface area (Å²) in [5, 5.41) is 12.4. The molecule has 100 valence electrons. The topological polar surface area (TPSA) is 54.3 Å². The molecule has 2 rings (SSSR count). The summed E-state index contributed by atoms with van der Waals surface area (Å²) in [6, 6.07) is 6.93. The lowest BCUT2D eigenvalue weighted by atomic mass is 10.2. The van der Waals surface area contributed by atoms with Crippen molar-refractivity contribution in [1.82, 2.24) is 4.57 Å². The van der Waals surface area contributed by atoms with Crippen LogP contribution in [-0.2, 0) is 13.1 Å². The Balaban J connectivity index is 2.07. The number of aromatic nitrogens is 1. The molecule has 0 atom stereocenters. The van der Waals surface area contributed by atoms with E-state index < -0.39 is 5.97 Å². The van der Waals surface area contributed by atoms with E-state index in [0.717, 1.165) is 17.8 Å². The van der Waals surface area contributed by atoms with E-state index in [1.54, 1.807) is 18.2 Å². The maximum atomic E-state index is 11.0. The first kappa shape index (κ1) is 13.5. The van der Waals surface area contributed by atoms with Crippen molar-refractivity contribution in [2.75, 3.05) is 5.32 Å². The van der Waals surface area contributed by atoms with Crippen molar-refractivity contribution in [3.8, 4) is 0 Å². The zero-order valence-electron chi connectivity index (χ0n) is 10.6. The average molecular weight is 279 g/mol. The number of halogens is 1. The third-order valence-electron chi connectivity index (χ3n) is 2.87. The van der Waals surface area contributed by atoms with Gasteiger partial charge < -0.3 is 15.0 Å². The van der Waals surface area contributed by atoms with Crippen LogP contribution in [0.3, 0.4) is 0 Å². The fourth-order valence-corrected chi connectivity index (χ4v) is 1.99. The van der Waals surface area contributed by atoms with Crippen molar-refractivity contribution >= 4 is 23.3 Å². The Labute approximate surface area is 116 Å². The van der Waals surface area contributed by atoms with Crippen molar-refractivity contribution in [1.29, 1.82) is 0 Å². The van der Waals surface area contributed by atoms with Gasteiger partial charge in [-0.05, 0) is 36.8 Å². The molecule has 0 unspecified atom stereocenters. The van der Waals surface area contributed by atoms with Crippen LogP contribution in [0.2, 0.25) is 5.02 Å². The molecule has 0 aliphatic carbocycles. The van der Waals surface area contributed by atoms with Gasteiger partial charge in [-0.25, -0.2) is 4.79 Å². The number of aromatic carboxylic acids is 1. The molecule has 0 aliphatic rings. The van der Waals surface area contributed by atoms with Gasteiger partial charge in [0.05, 0.1) is 10.6 Å². The second-order valence-corrected chi connectivity index (χ2v) is 4.61. The highest BCUT2D eigenvalue weighted by molar-refractivity contribution is 6.33. The highest BCUT2D eigenvalue weighted by Gasteiger charge is 2.09. The minimum Gasteiger partial charge on any atom is -0.478 e. The van der Waals surface area contributed by atoms with Gasteiger partial charge in [-0.2, -0.15) is 0 Å². The van der Waals surface area contributed by atoms with E-state index in [1.807, 2.05) is 12.3 Å². The maximum absolute atomic E-state index is 11.0. The van der Waals surface area contributed by atoms with Crippen LogP contribution in [0, 0.1) is 0 Å². The quantitative estimate of drug-likeness (QED) is 0.880. The average Bonchev–Trinajstić information content (AvgIpc) is 2.85. The van der Waals surface area contributed by atoms with Crippen molar-refractivity contribution in [2.45, 2.75) is 20.0 Å². The summed E-state index contributed by atoms with van der Waals surface area (Å²) in [6.45, 7) is 3.66. The third-order valence-corrected chi connectivity index (χ3v) is 3.20. The van der Waals surface area contributed by atoms with Crippen molar-refractivity contribution in [3.63, 3.8) is 0 Å². The number of aryl methyl sites for hydroxylation is 1. The lowest BCUT2D eigenvalue weighted by molar-refractivity contribution is 0.0697. The Morgan fingerprint density at radius 2 is 2.21 bits per heavy atom. The summed E-state index contributed by atoms with van der Waals surface area (Å²) < 4.78 is 2.08. The Morgan fingerprint density at radius 1 is 1.42 bits per heavy atom. The van der Waals surface area contributed by atoms with E-state index in [2.05, 4.69) is 23.0 Å². The van der Waals surface area contributed by atoms with Crippen LogP contribution in [-0.4, -0.2) is 15.6 Å². The van der Waals surface area contributed by atoms with Gasteiger partial charge in [0.1, 0.15) is 0 Å². The molecule has 1 heterocycles. The molecule has 0 amide bonds. The predicted molar refractivity (Wildman–Crippen MR) is 75.8 cm³/mol. The Bertz CT molecular complexity index is 593. The molecule has 0 fully saturated rings. The van der Waals surface area contributed by atoms with Gasteiger partial charge in [0, 0.05) is 31.2 Å². The number of nitrogens with one attached hydrogen (secondary N) is 1. The minimum atomic E-state index is -1.02. The van der Waals surface area contributed by atoms with Gasteiger partial charge in [0.2, 0.25) is 0 Å². The molecule has 1 aromatic heterocycles. The monoisotopic (exact) mass is 278 g/mol. The molecule has 4 nitrogen and oxygen atoms in total. The maximum Gasteiger partial charge on any atom is 0.337 e. The van der Waals surface area contributed by atoms with Crippen LogP contribution in [0.15, 0.2) is 36.7 Å². The molecule has 0 saturated carbocycles. The number of carboxylic acids is 1. The number of hydrogen-bond acceptors (Lipinski definition) is 2. The van der Waals surface area contributed by atoms with Crippen LogP contribution in [0.1, 0.15) is 22.8 Å². The molecule has 5 heteroatoms. The molecule has 0 bridgehead atoms. The highest BCUT2D eigenvalue weighted by atomic mass is 35.5. The smallest absolute Gasteiger partial charge is 0.337 e. The largest absolute Gasteiger partial charge is 0.478 e. The van der Waals surface area contributed by atoms with Crippen LogP contribution in [0.5, 0.6) is 0 Å². The molecule has 0 aliphatic heterocycles. The summed E-state index contributed by atoms with van der Waals surface area (Å²) in [5.41, 5.74) is 2.00. The fourth-order valence-electron chi connectivity index (χ4n) is 1.80. The number of nitrogens with zero attached hydrogens (tertiary/aromatic N) is 1. The minimum absolute atomic E-state index is 0.109. The van der Waals surface area contributed by atoms with Crippen molar-refractivity contribution < 1.29 is 9.90 Å². The van der Waals surface area contributed by atoms with Crippen LogP contribution >= 0.6 is 11.6 Å².